The Labute approximate surface area is 109 Å². The highest BCUT2D eigenvalue weighted by molar-refractivity contribution is 5.98. The van der Waals surface area contributed by atoms with Gasteiger partial charge in [0.25, 0.3) is 0 Å². The molecule has 3 nitrogen and oxygen atoms in total. The minimum atomic E-state index is -1.15. The summed E-state index contributed by atoms with van der Waals surface area (Å²) in [7, 11) is 0. The molecular formula is C15H24O3. The van der Waals surface area contributed by atoms with Crippen LogP contribution in [0.5, 0.6) is 0 Å². The number of rotatable bonds is 1. The van der Waals surface area contributed by atoms with Crippen LogP contribution in [0.25, 0.3) is 0 Å². The van der Waals surface area contributed by atoms with E-state index in [-0.39, 0.29) is 11.7 Å². The summed E-state index contributed by atoms with van der Waals surface area (Å²) in [4.78, 5) is 12.5. The van der Waals surface area contributed by atoms with E-state index in [1.165, 1.54) is 5.57 Å². The van der Waals surface area contributed by atoms with Crippen LogP contribution in [0.15, 0.2) is 11.6 Å². The Morgan fingerprint density at radius 2 is 2.11 bits per heavy atom. The lowest BCUT2D eigenvalue weighted by Crippen LogP contribution is -2.45. The minimum Gasteiger partial charge on any atom is -0.366 e. The summed E-state index contributed by atoms with van der Waals surface area (Å²) in [5.41, 5.74) is 0.416. The van der Waals surface area contributed by atoms with E-state index in [1.807, 2.05) is 0 Å². The van der Waals surface area contributed by atoms with Crippen molar-refractivity contribution in [2.75, 3.05) is 0 Å². The van der Waals surface area contributed by atoms with Gasteiger partial charge in [-0.05, 0) is 44.1 Å². The van der Waals surface area contributed by atoms with E-state index in [0.29, 0.717) is 18.8 Å². The lowest BCUT2D eigenvalue weighted by atomic mass is 9.81. The minimum absolute atomic E-state index is 0.0500. The molecule has 1 aliphatic carbocycles. The van der Waals surface area contributed by atoms with E-state index in [4.69, 9.17) is 4.74 Å². The van der Waals surface area contributed by atoms with Crippen LogP contribution in [0.1, 0.15) is 53.4 Å². The first-order chi connectivity index (χ1) is 8.27. The van der Waals surface area contributed by atoms with Gasteiger partial charge < -0.3 is 9.84 Å². The van der Waals surface area contributed by atoms with E-state index >= 15 is 0 Å². The number of hydrogen-bond acceptors (Lipinski definition) is 3. The fourth-order valence-electron chi connectivity index (χ4n) is 3.11. The van der Waals surface area contributed by atoms with Crippen molar-refractivity contribution >= 4 is 5.78 Å². The molecule has 1 saturated heterocycles. The summed E-state index contributed by atoms with van der Waals surface area (Å²) >= 11 is 0. The smallest absolute Gasteiger partial charge is 0.187 e. The van der Waals surface area contributed by atoms with Gasteiger partial charge in [0, 0.05) is 6.42 Å². The average Bonchev–Trinajstić information content (AvgIpc) is 2.54. The lowest BCUT2D eigenvalue weighted by molar-refractivity contribution is -0.220. The first kappa shape index (κ1) is 13.8. The van der Waals surface area contributed by atoms with E-state index in [9.17, 15) is 9.90 Å². The molecule has 0 saturated carbocycles. The van der Waals surface area contributed by atoms with E-state index in [0.717, 1.165) is 12.8 Å². The Morgan fingerprint density at radius 1 is 1.44 bits per heavy atom. The zero-order valence-electron chi connectivity index (χ0n) is 11.8. The number of carbonyl (C=O) groups is 1. The number of carbonyl (C=O) groups excluding carboxylic acids is 1. The molecule has 0 radical (unpaired) electrons. The Hall–Kier alpha value is -0.670. The van der Waals surface area contributed by atoms with Crippen molar-refractivity contribution in [2.24, 2.45) is 11.8 Å². The molecule has 102 valence electrons. The maximum atomic E-state index is 12.5. The molecule has 18 heavy (non-hydrogen) atoms. The largest absolute Gasteiger partial charge is 0.366 e. The highest BCUT2D eigenvalue weighted by Gasteiger charge is 2.53. The van der Waals surface area contributed by atoms with E-state index in [2.05, 4.69) is 20.8 Å². The molecule has 1 spiro atoms. The highest BCUT2D eigenvalue weighted by Crippen LogP contribution is 2.45. The number of aliphatic hydroxyl groups is 1. The molecule has 1 aliphatic heterocycles. The second-order valence-corrected chi connectivity index (χ2v) is 6.34. The standard InChI is InChI=1S/C15H24O3/c1-10(2)12-6-5-11(3)15(13(16)9-12)8-7-14(4,17)18-15/h9-11,17H,5-8H2,1-4H3. The third-order valence-corrected chi connectivity index (χ3v) is 4.50. The third-order valence-electron chi connectivity index (χ3n) is 4.50. The molecule has 1 N–H and O–H groups in total. The monoisotopic (exact) mass is 252 g/mol. The summed E-state index contributed by atoms with van der Waals surface area (Å²) < 4.78 is 5.77. The molecule has 3 unspecified atom stereocenters. The summed E-state index contributed by atoms with van der Waals surface area (Å²) in [6.07, 6.45) is 4.84. The van der Waals surface area contributed by atoms with Crippen LogP contribution in [-0.2, 0) is 9.53 Å². The maximum Gasteiger partial charge on any atom is 0.187 e. The van der Waals surface area contributed by atoms with Gasteiger partial charge in [0.2, 0.25) is 0 Å². The van der Waals surface area contributed by atoms with Crippen molar-refractivity contribution in [2.45, 2.75) is 64.8 Å². The fraction of sp³-hybridized carbons (Fsp3) is 0.800. The molecule has 3 heteroatoms. The summed E-state index contributed by atoms with van der Waals surface area (Å²) in [6.45, 7) is 7.96. The third kappa shape index (κ3) is 2.26. The van der Waals surface area contributed by atoms with Crippen LogP contribution in [-0.4, -0.2) is 22.3 Å². The van der Waals surface area contributed by atoms with Gasteiger partial charge in [0.15, 0.2) is 11.6 Å². The van der Waals surface area contributed by atoms with Crippen LogP contribution in [0.2, 0.25) is 0 Å². The van der Waals surface area contributed by atoms with Crippen molar-refractivity contribution in [3.63, 3.8) is 0 Å². The van der Waals surface area contributed by atoms with Crippen LogP contribution in [0.4, 0.5) is 0 Å². The number of allylic oxidation sites excluding steroid dienone is 1. The SMILES string of the molecule is CC(C)C1=CC(=O)C2(CCC(C)(O)O2)C(C)CC1. The van der Waals surface area contributed by atoms with Crippen LogP contribution in [0, 0.1) is 11.8 Å². The molecule has 0 aromatic heterocycles. The normalized spacial score (nSPS) is 41.3. The number of hydrogen-bond donors (Lipinski definition) is 1. The fourth-order valence-corrected chi connectivity index (χ4v) is 3.11. The summed E-state index contributed by atoms with van der Waals surface area (Å²) in [6, 6.07) is 0. The second kappa shape index (κ2) is 4.46. The Balaban J connectivity index is 2.33. The molecule has 0 bridgehead atoms. The molecule has 0 aromatic rings. The summed E-state index contributed by atoms with van der Waals surface area (Å²) in [5, 5.41) is 10.0. The van der Waals surface area contributed by atoms with Gasteiger partial charge >= 0.3 is 0 Å². The molecule has 2 rings (SSSR count). The van der Waals surface area contributed by atoms with Gasteiger partial charge in [-0.2, -0.15) is 0 Å². The summed E-state index contributed by atoms with van der Waals surface area (Å²) in [5.74, 6) is -0.543. The molecule has 2 aliphatic rings. The van der Waals surface area contributed by atoms with Gasteiger partial charge in [-0.15, -0.1) is 0 Å². The van der Waals surface area contributed by atoms with E-state index in [1.54, 1.807) is 13.0 Å². The van der Waals surface area contributed by atoms with Gasteiger partial charge in [0.05, 0.1) is 0 Å². The van der Waals surface area contributed by atoms with Crippen LogP contribution < -0.4 is 0 Å². The topological polar surface area (TPSA) is 46.5 Å². The van der Waals surface area contributed by atoms with Crippen LogP contribution >= 0.6 is 0 Å². The maximum absolute atomic E-state index is 12.5. The van der Waals surface area contributed by atoms with Crippen molar-refractivity contribution < 1.29 is 14.6 Å². The first-order valence-corrected chi connectivity index (χ1v) is 6.94. The predicted molar refractivity (Wildman–Crippen MR) is 70.0 cm³/mol. The van der Waals surface area contributed by atoms with Gasteiger partial charge in [-0.3, -0.25) is 4.79 Å². The number of ketones is 1. The van der Waals surface area contributed by atoms with E-state index < -0.39 is 11.4 Å². The van der Waals surface area contributed by atoms with Gasteiger partial charge in [-0.1, -0.05) is 26.3 Å². The van der Waals surface area contributed by atoms with Crippen molar-refractivity contribution in [3.05, 3.63) is 11.6 Å². The predicted octanol–water partition coefficient (Wildman–Crippen LogP) is 2.83. The molecule has 1 heterocycles. The molecule has 1 fully saturated rings. The number of ether oxygens (including phenoxy) is 1. The highest BCUT2D eigenvalue weighted by atomic mass is 16.6. The zero-order valence-corrected chi connectivity index (χ0v) is 11.8. The molecule has 3 atom stereocenters. The van der Waals surface area contributed by atoms with Gasteiger partial charge in [0.1, 0.15) is 5.60 Å². The molecule has 0 aromatic carbocycles. The van der Waals surface area contributed by atoms with Crippen molar-refractivity contribution in [1.82, 2.24) is 0 Å². The quantitative estimate of drug-likeness (QED) is 0.780. The zero-order chi connectivity index (χ0) is 13.6. The lowest BCUT2D eigenvalue weighted by Gasteiger charge is -2.33. The Kier molecular flexibility index (Phi) is 3.41. The molecular weight excluding hydrogens is 228 g/mol. The van der Waals surface area contributed by atoms with Gasteiger partial charge in [-0.25, -0.2) is 0 Å². The first-order valence-electron chi connectivity index (χ1n) is 6.94. The average molecular weight is 252 g/mol. The Morgan fingerprint density at radius 3 is 2.61 bits per heavy atom. The Bertz CT molecular complexity index is 381. The van der Waals surface area contributed by atoms with Crippen molar-refractivity contribution in [3.8, 4) is 0 Å². The molecule has 0 amide bonds. The second-order valence-electron chi connectivity index (χ2n) is 6.34. The van der Waals surface area contributed by atoms with Crippen LogP contribution in [0.3, 0.4) is 0 Å². The van der Waals surface area contributed by atoms with Crippen molar-refractivity contribution in [1.29, 1.82) is 0 Å².